The van der Waals surface area contributed by atoms with Crippen LogP contribution in [-0.2, 0) is 6.54 Å². The highest BCUT2D eigenvalue weighted by atomic mass is 35.5. The Hall–Kier alpha value is -1.88. The number of hydrogen-bond donors (Lipinski definition) is 0. The van der Waals surface area contributed by atoms with Gasteiger partial charge >= 0.3 is 0 Å². The Kier molecular flexibility index (Phi) is 5.19. The summed E-state index contributed by atoms with van der Waals surface area (Å²) in [4.78, 5) is 2.11. The average Bonchev–Trinajstić information content (AvgIpc) is 3.06. The fourth-order valence-corrected chi connectivity index (χ4v) is 2.75. The molecule has 0 amide bonds. The van der Waals surface area contributed by atoms with Crippen LogP contribution in [0.15, 0.2) is 52.9 Å². The van der Waals surface area contributed by atoms with Crippen LogP contribution in [0.5, 0.6) is 0 Å². The summed E-state index contributed by atoms with van der Waals surface area (Å²) in [5.74, 6) is 1.02. The van der Waals surface area contributed by atoms with Gasteiger partial charge in [0.25, 0.3) is 0 Å². The average molecular weight is 362 g/mol. The highest BCUT2D eigenvalue weighted by molar-refractivity contribution is 6.31. The Bertz CT molecular complexity index is 834. The monoisotopic (exact) mass is 361 g/mol. The van der Waals surface area contributed by atoms with E-state index in [1.165, 1.54) is 0 Å². The predicted molar refractivity (Wildman–Crippen MR) is 96.1 cm³/mol. The summed E-state index contributed by atoms with van der Waals surface area (Å²) in [6.07, 6.45) is 0. The minimum absolute atomic E-state index is 0.0401. The van der Waals surface area contributed by atoms with Crippen molar-refractivity contribution in [2.75, 3.05) is 7.05 Å². The largest absolute Gasteiger partial charge is 0.419 e. The van der Waals surface area contributed by atoms with Gasteiger partial charge in [-0.3, -0.25) is 4.90 Å². The zero-order valence-corrected chi connectivity index (χ0v) is 14.9. The summed E-state index contributed by atoms with van der Waals surface area (Å²) in [7, 11) is 2.00. The van der Waals surface area contributed by atoms with Crippen molar-refractivity contribution in [2.45, 2.75) is 19.5 Å². The van der Waals surface area contributed by atoms with E-state index >= 15 is 0 Å². The molecule has 4 nitrogen and oxygen atoms in total. The van der Waals surface area contributed by atoms with E-state index in [0.717, 1.165) is 16.1 Å². The molecular formula is C18H17Cl2N3O. The first-order chi connectivity index (χ1) is 11.5. The van der Waals surface area contributed by atoms with E-state index in [1.807, 2.05) is 56.4 Å². The van der Waals surface area contributed by atoms with Crippen molar-refractivity contribution in [1.29, 1.82) is 0 Å². The van der Waals surface area contributed by atoms with E-state index in [-0.39, 0.29) is 6.04 Å². The summed E-state index contributed by atoms with van der Waals surface area (Å²) in [5, 5.41) is 9.69. The van der Waals surface area contributed by atoms with Gasteiger partial charge in [0.1, 0.15) is 0 Å². The number of benzene rings is 2. The van der Waals surface area contributed by atoms with Crippen molar-refractivity contribution < 1.29 is 4.42 Å². The minimum Gasteiger partial charge on any atom is -0.419 e. The van der Waals surface area contributed by atoms with Gasteiger partial charge in [0.2, 0.25) is 11.8 Å². The van der Waals surface area contributed by atoms with Crippen molar-refractivity contribution in [1.82, 2.24) is 15.1 Å². The van der Waals surface area contributed by atoms with Crippen LogP contribution in [0.4, 0.5) is 0 Å². The van der Waals surface area contributed by atoms with E-state index in [9.17, 15) is 0 Å². The lowest BCUT2D eigenvalue weighted by molar-refractivity contribution is 0.218. The Morgan fingerprint density at radius 3 is 2.62 bits per heavy atom. The van der Waals surface area contributed by atoms with E-state index in [4.69, 9.17) is 27.6 Å². The first kappa shape index (κ1) is 17.0. The Morgan fingerprint density at radius 1 is 1.08 bits per heavy atom. The summed E-state index contributed by atoms with van der Waals surface area (Å²) < 4.78 is 5.82. The van der Waals surface area contributed by atoms with Gasteiger partial charge in [0.15, 0.2) is 0 Å². The smallest absolute Gasteiger partial charge is 0.247 e. The second-order valence-corrected chi connectivity index (χ2v) is 6.48. The maximum atomic E-state index is 6.23. The molecule has 0 saturated heterocycles. The normalized spacial score (nSPS) is 12.5. The first-order valence-corrected chi connectivity index (χ1v) is 8.33. The van der Waals surface area contributed by atoms with Gasteiger partial charge in [-0.05, 0) is 43.8 Å². The SMILES string of the molecule is CC(c1nnc(-c2cccc(Cl)c2)o1)N(C)Cc1ccccc1Cl. The zero-order chi connectivity index (χ0) is 17.1. The maximum absolute atomic E-state index is 6.23. The van der Waals surface area contributed by atoms with Crippen LogP contribution in [-0.4, -0.2) is 22.1 Å². The van der Waals surface area contributed by atoms with E-state index in [1.54, 1.807) is 6.07 Å². The summed E-state index contributed by atoms with van der Waals surface area (Å²) in [6, 6.07) is 15.1. The molecule has 1 heterocycles. The minimum atomic E-state index is -0.0401. The van der Waals surface area contributed by atoms with E-state index in [0.29, 0.717) is 23.3 Å². The molecule has 0 bridgehead atoms. The molecule has 0 spiro atoms. The van der Waals surface area contributed by atoms with Gasteiger partial charge in [0, 0.05) is 22.2 Å². The van der Waals surface area contributed by atoms with Gasteiger partial charge in [0.05, 0.1) is 6.04 Å². The molecule has 0 fully saturated rings. The van der Waals surface area contributed by atoms with E-state index < -0.39 is 0 Å². The van der Waals surface area contributed by atoms with Crippen LogP contribution in [0, 0.1) is 0 Å². The van der Waals surface area contributed by atoms with Crippen LogP contribution in [0.3, 0.4) is 0 Å². The topological polar surface area (TPSA) is 42.2 Å². The molecule has 0 saturated carbocycles. The van der Waals surface area contributed by atoms with Gasteiger partial charge in [-0.1, -0.05) is 47.5 Å². The number of hydrogen-bond acceptors (Lipinski definition) is 4. The van der Waals surface area contributed by atoms with Crippen molar-refractivity contribution in [3.63, 3.8) is 0 Å². The Morgan fingerprint density at radius 2 is 1.88 bits per heavy atom. The fourth-order valence-electron chi connectivity index (χ4n) is 2.36. The standard InChI is InChI=1S/C18H17Cl2N3O/c1-12(23(2)11-14-6-3-4-9-16(14)20)17-21-22-18(24-17)13-7-5-8-15(19)10-13/h3-10,12H,11H2,1-2H3. The van der Waals surface area contributed by atoms with Gasteiger partial charge < -0.3 is 4.42 Å². The molecule has 3 aromatic rings. The van der Waals surface area contributed by atoms with Crippen LogP contribution in [0.1, 0.15) is 24.4 Å². The van der Waals surface area contributed by atoms with Crippen LogP contribution in [0.2, 0.25) is 10.0 Å². The van der Waals surface area contributed by atoms with E-state index in [2.05, 4.69) is 15.1 Å². The summed E-state index contributed by atoms with van der Waals surface area (Å²) in [5.41, 5.74) is 1.87. The molecule has 0 aliphatic carbocycles. The molecule has 6 heteroatoms. The van der Waals surface area contributed by atoms with Gasteiger partial charge in [-0.2, -0.15) is 0 Å². The van der Waals surface area contributed by atoms with Gasteiger partial charge in [-0.25, -0.2) is 0 Å². The lowest BCUT2D eigenvalue weighted by Crippen LogP contribution is -2.22. The third kappa shape index (κ3) is 3.78. The molecule has 0 aliphatic rings. The first-order valence-electron chi connectivity index (χ1n) is 7.57. The molecule has 1 unspecified atom stereocenters. The summed E-state index contributed by atoms with van der Waals surface area (Å²) in [6.45, 7) is 2.71. The quantitative estimate of drug-likeness (QED) is 0.623. The number of halogens is 2. The van der Waals surface area contributed by atoms with Gasteiger partial charge in [-0.15, -0.1) is 10.2 Å². The van der Waals surface area contributed by atoms with Crippen molar-refractivity contribution in [3.05, 3.63) is 70.0 Å². The molecule has 1 atom stereocenters. The van der Waals surface area contributed by atoms with Crippen LogP contribution in [0.25, 0.3) is 11.5 Å². The van der Waals surface area contributed by atoms with Crippen LogP contribution < -0.4 is 0 Å². The van der Waals surface area contributed by atoms with Crippen molar-refractivity contribution in [2.24, 2.45) is 0 Å². The highest BCUT2D eigenvalue weighted by Crippen LogP contribution is 2.26. The fraction of sp³-hybridized carbons (Fsp3) is 0.222. The Labute approximate surface area is 151 Å². The highest BCUT2D eigenvalue weighted by Gasteiger charge is 2.20. The molecule has 2 aromatic carbocycles. The molecule has 124 valence electrons. The van der Waals surface area contributed by atoms with Crippen molar-refractivity contribution >= 4 is 23.2 Å². The van der Waals surface area contributed by atoms with Crippen molar-refractivity contribution in [3.8, 4) is 11.5 Å². The Balaban J connectivity index is 1.76. The number of rotatable bonds is 5. The molecular weight excluding hydrogens is 345 g/mol. The lowest BCUT2D eigenvalue weighted by atomic mass is 10.2. The molecule has 3 rings (SSSR count). The lowest BCUT2D eigenvalue weighted by Gasteiger charge is -2.22. The maximum Gasteiger partial charge on any atom is 0.247 e. The molecule has 24 heavy (non-hydrogen) atoms. The number of nitrogens with zero attached hydrogens (tertiary/aromatic N) is 3. The predicted octanol–water partition coefficient (Wildman–Crippen LogP) is 5.24. The molecule has 0 aliphatic heterocycles. The number of aromatic nitrogens is 2. The summed E-state index contributed by atoms with van der Waals surface area (Å²) >= 11 is 12.2. The third-order valence-electron chi connectivity index (χ3n) is 3.91. The molecule has 1 aromatic heterocycles. The zero-order valence-electron chi connectivity index (χ0n) is 13.4. The second kappa shape index (κ2) is 7.34. The third-order valence-corrected chi connectivity index (χ3v) is 4.51. The molecule has 0 N–H and O–H groups in total. The van der Waals surface area contributed by atoms with Crippen LogP contribution >= 0.6 is 23.2 Å². The molecule has 0 radical (unpaired) electrons. The second-order valence-electron chi connectivity index (χ2n) is 5.64.